The standard InChI is InChI=1S/C14H15ClN2/c15-11-3-1-2-10(8-11)12-4-5-13(17-12)14(9-16)6-7-14/h1-3,8,12-13,17H,4-7H2/t12-,13+/m0/s1. The van der Waals surface area contributed by atoms with Gasteiger partial charge in [-0.15, -0.1) is 0 Å². The molecule has 1 aromatic rings. The number of rotatable bonds is 2. The summed E-state index contributed by atoms with van der Waals surface area (Å²) in [6.07, 6.45) is 4.33. The largest absolute Gasteiger partial charge is 0.306 e. The number of nitriles is 1. The summed E-state index contributed by atoms with van der Waals surface area (Å²) in [4.78, 5) is 0. The van der Waals surface area contributed by atoms with Gasteiger partial charge < -0.3 is 5.32 Å². The molecule has 17 heavy (non-hydrogen) atoms. The SMILES string of the molecule is N#CC1([C@H]2CC[C@@H](c3cccc(Cl)c3)N2)CC1. The molecule has 2 atom stereocenters. The molecule has 1 saturated heterocycles. The fourth-order valence-corrected chi connectivity index (χ4v) is 3.04. The Bertz CT molecular complexity index is 473. The molecule has 1 aromatic carbocycles. The van der Waals surface area contributed by atoms with E-state index >= 15 is 0 Å². The third-order valence-electron chi connectivity index (χ3n) is 4.08. The quantitative estimate of drug-likeness (QED) is 0.868. The van der Waals surface area contributed by atoms with Crippen LogP contribution in [0.25, 0.3) is 0 Å². The highest BCUT2D eigenvalue weighted by Gasteiger charge is 2.52. The van der Waals surface area contributed by atoms with Crippen LogP contribution in [-0.4, -0.2) is 6.04 Å². The number of halogens is 1. The summed E-state index contributed by atoms with van der Waals surface area (Å²) >= 11 is 6.01. The maximum Gasteiger partial charge on any atom is 0.0728 e. The summed E-state index contributed by atoms with van der Waals surface area (Å²) in [5.74, 6) is 0. The Morgan fingerprint density at radius 2 is 2.18 bits per heavy atom. The van der Waals surface area contributed by atoms with E-state index in [9.17, 15) is 5.26 Å². The smallest absolute Gasteiger partial charge is 0.0728 e. The molecular weight excluding hydrogens is 232 g/mol. The van der Waals surface area contributed by atoms with E-state index in [4.69, 9.17) is 11.6 Å². The highest BCUT2D eigenvalue weighted by atomic mass is 35.5. The molecule has 2 aliphatic rings. The van der Waals surface area contributed by atoms with Gasteiger partial charge in [-0.25, -0.2) is 0 Å². The zero-order valence-corrected chi connectivity index (χ0v) is 10.4. The highest BCUT2D eigenvalue weighted by Crippen LogP contribution is 2.52. The lowest BCUT2D eigenvalue weighted by Gasteiger charge is -2.18. The highest BCUT2D eigenvalue weighted by molar-refractivity contribution is 6.30. The first-order chi connectivity index (χ1) is 8.23. The number of hydrogen-bond donors (Lipinski definition) is 1. The predicted octanol–water partition coefficient (Wildman–Crippen LogP) is 3.44. The summed E-state index contributed by atoms with van der Waals surface area (Å²) in [7, 11) is 0. The molecule has 0 unspecified atom stereocenters. The zero-order valence-electron chi connectivity index (χ0n) is 9.62. The van der Waals surface area contributed by atoms with Crippen LogP contribution in [0.3, 0.4) is 0 Å². The van der Waals surface area contributed by atoms with Gasteiger partial charge >= 0.3 is 0 Å². The Hall–Kier alpha value is -1.04. The van der Waals surface area contributed by atoms with Crippen molar-refractivity contribution in [3.05, 3.63) is 34.9 Å². The average molecular weight is 247 g/mol. The van der Waals surface area contributed by atoms with Gasteiger partial charge in [0, 0.05) is 17.1 Å². The first-order valence-electron chi connectivity index (χ1n) is 6.16. The fraction of sp³-hybridized carbons (Fsp3) is 0.500. The molecular formula is C14H15ClN2. The first-order valence-corrected chi connectivity index (χ1v) is 6.54. The van der Waals surface area contributed by atoms with Crippen molar-refractivity contribution in [3.63, 3.8) is 0 Å². The second-order valence-electron chi connectivity index (χ2n) is 5.17. The molecule has 0 amide bonds. The van der Waals surface area contributed by atoms with Gasteiger partial charge in [-0.05, 0) is 43.4 Å². The molecule has 1 saturated carbocycles. The zero-order chi connectivity index (χ0) is 11.9. The van der Waals surface area contributed by atoms with Crippen LogP contribution in [0.15, 0.2) is 24.3 Å². The van der Waals surface area contributed by atoms with E-state index in [1.807, 2.05) is 18.2 Å². The van der Waals surface area contributed by atoms with Crippen LogP contribution in [0.2, 0.25) is 5.02 Å². The lowest BCUT2D eigenvalue weighted by molar-refractivity contribution is 0.433. The van der Waals surface area contributed by atoms with Crippen molar-refractivity contribution < 1.29 is 0 Å². The molecule has 1 aliphatic carbocycles. The van der Waals surface area contributed by atoms with Crippen molar-refractivity contribution in [1.29, 1.82) is 5.26 Å². The van der Waals surface area contributed by atoms with E-state index in [-0.39, 0.29) is 5.41 Å². The van der Waals surface area contributed by atoms with Gasteiger partial charge in [0.2, 0.25) is 0 Å². The summed E-state index contributed by atoms with van der Waals surface area (Å²) < 4.78 is 0. The average Bonchev–Trinajstić information content (AvgIpc) is 2.99. The first kappa shape index (κ1) is 11.1. The molecule has 2 nitrogen and oxygen atoms in total. The van der Waals surface area contributed by atoms with Crippen molar-refractivity contribution in [2.45, 2.75) is 37.8 Å². The molecule has 1 aliphatic heterocycles. The maximum absolute atomic E-state index is 9.21. The van der Waals surface area contributed by atoms with Crippen LogP contribution in [0.5, 0.6) is 0 Å². The maximum atomic E-state index is 9.21. The Morgan fingerprint density at radius 3 is 2.82 bits per heavy atom. The van der Waals surface area contributed by atoms with Crippen LogP contribution in [0, 0.1) is 16.7 Å². The van der Waals surface area contributed by atoms with Gasteiger partial charge in [0.05, 0.1) is 11.5 Å². The lowest BCUT2D eigenvalue weighted by Crippen LogP contribution is -2.32. The van der Waals surface area contributed by atoms with Gasteiger partial charge in [-0.1, -0.05) is 23.7 Å². The van der Waals surface area contributed by atoms with Crippen molar-refractivity contribution in [2.75, 3.05) is 0 Å². The number of hydrogen-bond acceptors (Lipinski definition) is 2. The molecule has 88 valence electrons. The van der Waals surface area contributed by atoms with Crippen LogP contribution in [0.1, 0.15) is 37.3 Å². The Kier molecular flexibility index (Phi) is 2.61. The lowest BCUT2D eigenvalue weighted by atomic mass is 9.97. The van der Waals surface area contributed by atoms with E-state index in [0.29, 0.717) is 12.1 Å². The number of benzene rings is 1. The fourth-order valence-electron chi connectivity index (χ4n) is 2.84. The van der Waals surface area contributed by atoms with Gasteiger partial charge in [0.15, 0.2) is 0 Å². The second kappa shape index (κ2) is 4.01. The Morgan fingerprint density at radius 1 is 1.35 bits per heavy atom. The van der Waals surface area contributed by atoms with E-state index in [1.54, 1.807) is 0 Å². The summed E-state index contributed by atoms with van der Waals surface area (Å²) in [6, 6.07) is 11.2. The third-order valence-corrected chi connectivity index (χ3v) is 4.31. The van der Waals surface area contributed by atoms with Gasteiger partial charge in [0.25, 0.3) is 0 Å². The van der Waals surface area contributed by atoms with Gasteiger partial charge in [0.1, 0.15) is 0 Å². The minimum absolute atomic E-state index is 0.0622. The molecule has 1 heterocycles. The monoisotopic (exact) mass is 246 g/mol. The van der Waals surface area contributed by atoms with Crippen molar-refractivity contribution in [1.82, 2.24) is 5.32 Å². The second-order valence-corrected chi connectivity index (χ2v) is 5.61. The van der Waals surface area contributed by atoms with Crippen LogP contribution in [0.4, 0.5) is 0 Å². The third kappa shape index (κ3) is 1.94. The molecule has 3 rings (SSSR count). The summed E-state index contributed by atoms with van der Waals surface area (Å²) in [5, 5.41) is 13.6. The number of nitrogens with one attached hydrogen (secondary N) is 1. The van der Waals surface area contributed by atoms with Gasteiger partial charge in [-0.2, -0.15) is 5.26 Å². The van der Waals surface area contributed by atoms with Crippen LogP contribution >= 0.6 is 11.6 Å². The summed E-state index contributed by atoms with van der Waals surface area (Å²) in [5.41, 5.74) is 1.18. The normalized spacial score (nSPS) is 29.9. The van der Waals surface area contributed by atoms with Crippen molar-refractivity contribution >= 4 is 11.6 Å². The number of nitrogens with zero attached hydrogens (tertiary/aromatic N) is 1. The van der Waals surface area contributed by atoms with E-state index in [2.05, 4.69) is 17.5 Å². The van der Waals surface area contributed by atoms with Crippen molar-refractivity contribution in [2.24, 2.45) is 5.41 Å². The van der Waals surface area contributed by atoms with Crippen LogP contribution < -0.4 is 5.32 Å². The molecule has 1 N–H and O–H groups in total. The van der Waals surface area contributed by atoms with E-state index < -0.39 is 0 Å². The Balaban J connectivity index is 1.75. The van der Waals surface area contributed by atoms with Crippen LogP contribution in [-0.2, 0) is 0 Å². The molecule has 0 bridgehead atoms. The predicted molar refractivity (Wildman–Crippen MR) is 67.6 cm³/mol. The van der Waals surface area contributed by atoms with Gasteiger partial charge in [-0.3, -0.25) is 0 Å². The van der Waals surface area contributed by atoms with E-state index in [1.165, 1.54) is 5.56 Å². The minimum atomic E-state index is -0.0622. The van der Waals surface area contributed by atoms with E-state index in [0.717, 1.165) is 30.7 Å². The van der Waals surface area contributed by atoms with Crippen molar-refractivity contribution in [3.8, 4) is 6.07 Å². The molecule has 2 fully saturated rings. The summed E-state index contributed by atoms with van der Waals surface area (Å²) in [6.45, 7) is 0. The molecule has 0 radical (unpaired) electrons. The molecule has 0 spiro atoms. The molecule has 0 aromatic heterocycles. The Labute approximate surface area is 107 Å². The minimum Gasteiger partial charge on any atom is -0.306 e. The molecule has 3 heteroatoms. The topological polar surface area (TPSA) is 35.8 Å².